The topological polar surface area (TPSA) is 92.9 Å². The first-order valence-corrected chi connectivity index (χ1v) is 7.38. The summed E-state index contributed by atoms with van der Waals surface area (Å²) < 4.78 is 9.98. The van der Waals surface area contributed by atoms with Gasteiger partial charge in [-0.2, -0.15) is 5.10 Å². The third-order valence-corrected chi connectivity index (χ3v) is 3.24. The van der Waals surface area contributed by atoms with Gasteiger partial charge in [-0.05, 0) is 37.3 Å². The van der Waals surface area contributed by atoms with E-state index in [0.717, 1.165) is 0 Å². The third-order valence-electron chi connectivity index (χ3n) is 2.95. The van der Waals surface area contributed by atoms with Crippen LogP contribution < -0.4 is 15.5 Å². The number of rotatable bonds is 6. The Labute approximate surface area is 143 Å². The van der Waals surface area contributed by atoms with Crippen LogP contribution >= 0.6 is 11.6 Å². The van der Waals surface area contributed by atoms with Crippen LogP contribution in [0.15, 0.2) is 46.1 Å². The summed E-state index contributed by atoms with van der Waals surface area (Å²) in [6.07, 6.45) is 1.40. The molecule has 0 fully saturated rings. The Balaban J connectivity index is 1.88. The number of carbonyl (C=O) groups excluding carboxylic acids is 2. The number of halogens is 1. The molecule has 0 saturated carbocycles. The van der Waals surface area contributed by atoms with Gasteiger partial charge in [0.05, 0.1) is 24.8 Å². The van der Waals surface area contributed by atoms with E-state index >= 15 is 0 Å². The standard InChI is InChI=1S/C16H16ClN3O4/c1-10(19-20-16(22)14-4-3-7-24-14)8-15(21)18-11-5-6-13(23-2)12(17)9-11/h3-7,9H,8H2,1-2H3,(H,18,21)(H,20,22)/b19-10-. The zero-order valence-corrected chi connectivity index (χ0v) is 13.9. The van der Waals surface area contributed by atoms with Crippen molar-refractivity contribution in [2.45, 2.75) is 13.3 Å². The lowest BCUT2D eigenvalue weighted by Crippen LogP contribution is -2.21. The molecule has 2 amide bonds. The van der Waals surface area contributed by atoms with Crippen molar-refractivity contribution in [2.75, 3.05) is 12.4 Å². The van der Waals surface area contributed by atoms with Crippen LogP contribution in [0.3, 0.4) is 0 Å². The maximum atomic E-state index is 12.0. The number of anilines is 1. The summed E-state index contributed by atoms with van der Waals surface area (Å²) in [5.74, 6) is -0.108. The first-order chi connectivity index (χ1) is 11.5. The second-order valence-electron chi connectivity index (χ2n) is 4.84. The van der Waals surface area contributed by atoms with Crippen molar-refractivity contribution in [1.82, 2.24) is 5.43 Å². The maximum absolute atomic E-state index is 12.0. The molecule has 0 radical (unpaired) electrons. The van der Waals surface area contributed by atoms with Gasteiger partial charge < -0.3 is 14.5 Å². The van der Waals surface area contributed by atoms with Gasteiger partial charge in [-0.25, -0.2) is 5.43 Å². The molecule has 0 unspecified atom stereocenters. The van der Waals surface area contributed by atoms with Gasteiger partial charge in [0.15, 0.2) is 5.76 Å². The number of ether oxygens (including phenoxy) is 1. The van der Waals surface area contributed by atoms with Crippen LogP contribution in [0.25, 0.3) is 0 Å². The van der Waals surface area contributed by atoms with Crippen molar-refractivity contribution in [3.8, 4) is 5.75 Å². The summed E-state index contributed by atoms with van der Waals surface area (Å²) in [6, 6.07) is 8.03. The summed E-state index contributed by atoms with van der Waals surface area (Å²) >= 11 is 6.00. The van der Waals surface area contributed by atoms with Gasteiger partial charge >= 0.3 is 5.91 Å². The predicted molar refractivity (Wildman–Crippen MR) is 90.5 cm³/mol. The molecule has 0 aliphatic rings. The van der Waals surface area contributed by atoms with Crippen LogP contribution in [-0.2, 0) is 4.79 Å². The molecule has 0 atom stereocenters. The number of nitrogens with one attached hydrogen (secondary N) is 2. The molecule has 7 nitrogen and oxygen atoms in total. The molecule has 0 aliphatic heterocycles. The van der Waals surface area contributed by atoms with Crippen LogP contribution in [0, 0.1) is 0 Å². The molecular weight excluding hydrogens is 334 g/mol. The van der Waals surface area contributed by atoms with Crippen LogP contribution in [0.1, 0.15) is 23.9 Å². The summed E-state index contributed by atoms with van der Waals surface area (Å²) in [6.45, 7) is 1.63. The minimum atomic E-state index is -0.485. The second-order valence-corrected chi connectivity index (χ2v) is 5.25. The normalized spacial score (nSPS) is 11.0. The van der Waals surface area contributed by atoms with E-state index in [1.165, 1.54) is 19.4 Å². The van der Waals surface area contributed by atoms with Gasteiger partial charge in [0.2, 0.25) is 5.91 Å². The third kappa shape index (κ3) is 4.85. The Hall–Kier alpha value is -2.80. The smallest absolute Gasteiger partial charge is 0.307 e. The monoisotopic (exact) mass is 349 g/mol. The molecular formula is C16H16ClN3O4. The lowest BCUT2D eigenvalue weighted by Gasteiger charge is -2.08. The maximum Gasteiger partial charge on any atom is 0.307 e. The van der Waals surface area contributed by atoms with Gasteiger partial charge in [0, 0.05) is 11.4 Å². The van der Waals surface area contributed by atoms with Crippen molar-refractivity contribution in [3.63, 3.8) is 0 Å². The molecule has 2 N–H and O–H groups in total. The molecule has 0 saturated heterocycles. The molecule has 1 aromatic heterocycles. The second kappa shape index (κ2) is 8.16. The number of hydrogen-bond acceptors (Lipinski definition) is 5. The first-order valence-electron chi connectivity index (χ1n) is 7.00. The Morgan fingerprint density at radius 1 is 1.33 bits per heavy atom. The van der Waals surface area contributed by atoms with Crippen molar-refractivity contribution < 1.29 is 18.7 Å². The van der Waals surface area contributed by atoms with E-state index in [0.29, 0.717) is 22.2 Å². The highest BCUT2D eigenvalue weighted by molar-refractivity contribution is 6.32. The predicted octanol–water partition coefficient (Wildman–Crippen LogP) is 3.08. The van der Waals surface area contributed by atoms with Gasteiger partial charge in [0.1, 0.15) is 5.75 Å². The number of hydrogen-bond donors (Lipinski definition) is 2. The number of amides is 2. The quantitative estimate of drug-likeness (QED) is 0.619. The van der Waals surface area contributed by atoms with E-state index in [2.05, 4.69) is 15.8 Å². The first kappa shape index (κ1) is 17.6. The SMILES string of the molecule is COc1ccc(NC(=O)C/C(C)=N\NC(=O)c2ccco2)cc1Cl. The Morgan fingerprint density at radius 3 is 2.75 bits per heavy atom. The van der Waals surface area contributed by atoms with E-state index in [9.17, 15) is 9.59 Å². The summed E-state index contributed by atoms with van der Waals surface area (Å²) in [4.78, 5) is 23.6. The Bertz CT molecular complexity index is 757. The zero-order chi connectivity index (χ0) is 17.5. The fraction of sp³-hybridized carbons (Fsp3) is 0.188. The molecule has 0 aliphatic carbocycles. The fourth-order valence-corrected chi connectivity index (χ4v) is 2.09. The van der Waals surface area contributed by atoms with Gasteiger partial charge in [-0.15, -0.1) is 0 Å². The van der Waals surface area contributed by atoms with Gasteiger partial charge in [-0.1, -0.05) is 11.6 Å². The molecule has 126 valence electrons. The van der Waals surface area contributed by atoms with Crippen molar-refractivity contribution >= 4 is 34.8 Å². The molecule has 2 aromatic rings. The average molecular weight is 350 g/mol. The minimum Gasteiger partial charge on any atom is -0.495 e. The van der Waals surface area contributed by atoms with Crippen molar-refractivity contribution in [3.05, 3.63) is 47.4 Å². The highest BCUT2D eigenvalue weighted by Crippen LogP contribution is 2.27. The average Bonchev–Trinajstić information content (AvgIpc) is 3.07. The van der Waals surface area contributed by atoms with Crippen LogP contribution in [0.4, 0.5) is 5.69 Å². The summed E-state index contributed by atoms with van der Waals surface area (Å²) in [5, 5.41) is 6.94. The fourth-order valence-electron chi connectivity index (χ4n) is 1.83. The van der Waals surface area contributed by atoms with E-state index in [1.807, 2.05) is 0 Å². The number of benzene rings is 1. The highest BCUT2D eigenvalue weighted by atomic mass is 35.5. The molecule has 1 heterocycles. The van der Waals surface area contributed by atoms with E-state index in [1.54, 1.807) is 31.2 Å². The largest absolute Gasteiger partial charge is 0.495 e. The number of hydrazone groups is 1. The number of carbonyl (C=O) groups is 2. The lowest BCUT2D eigenvalue weighted by atomic mass is 10.2. The zero-order valence-electron chi connectivity index (χ0n) is 13.1. The Morgan fingerprint density at radius 2 is 2.12 bits per heavy atom. The van der Waals surface area contributed by atoms with Crippen molar-refractivity contribution in [1.29, 1.82) is 0 Å². The van der Waals surface area contributed by atoms with E-state index in [4.69, 9.17) is 20.8 Å². The molecule has 8 heteroatoms. The van der Waals surface area contributed by atoms with Gasteiger partial charge in [-0.3, -0.25) is 9.59 Å². The molecule has 24 heavy (non-hydrogen) atoms. The molecule has 1 aromatic carbocycles. The van der Waals surface area contributed by atoms with Crippen molar-refractivity contribution in [2.24, 2.45) is 5.10 Å². The Kier molecular flexibility index (Phi) is 5.97. The van der Waals surface area contributed by atoms with Crippen LogP contribution in [-0.4, -0.2) is 24.6 Å². The highest BCUT2D eigenvalue weighted by Gasteiger charge is 2.09. The molecule has 2 rings (SSSR count). The number of nitrogens with zero attached hydrogens (tertiary/aromatic N) is 1. The van der Waals surface area contributed by atoms with E-state index in [-0.39, 0.29) is 18.1 Å². The minimum absolute atomic E-state index is 0.0160. The number of furan rings is 1. The van der Waals surface area contributed by atoms with Crippen LogP contribution in [0.2, 0.25) is 5.02 Å². The van der Waals surface area contributed by atoms with E-state index < -0.39 is 5.91 Å². The van der Waals surface area contributed by atoms with Gasteiger partial charge in [0.25, 0.3) is 0 Å². The van der Waals surface area contributed by atoms with Crippen LogP contribution in [0.5, 0.6) is 5.75 Å². The molecule has 0 bridgehead atoms. The summed E-state index contributed by atoms with van der Waals surface area (Å²) in [7, 11) is 1.51. The number of methoxy groups -OCH3 is 1. The molecule has 0 spiro atoms. The summed E-state index contributed by atoms with van der Waals surface area (Å²) in [5.41, 5.74) is 3.29. The lowest BCUT2D eigenvalue weighted by molar-refractivity contribution is -0.115.